The molecule has 3 N–H and O–H groups in total. The van der Waals surface area contributed by atoms with Gasteiger partial charge in [0, 0.05) is 11.6 Å². The molecular weight excluding hydrogens is 452 g/mol. The van der Waals surface area contributed by atoms with Crippen LogP contribution in [0.3, 0.4) is 0 Å². The maximum atomic E-state index is 13.0. The number of halogens is 5. The van der Waals surface area contributed by atoms with Crippen LogP contribution in [0.2, 0.25) is 10.0 Å². The zero-order valence-corrected chi connectivity index (χ0v) is 17.7. The minimum absolute atomic E-state index is 0.0891. The first-order valence-corrected chi connectivity index (χ1v) is 10.5. The highest BCUT2D eigenvalue weighted by molar-refractivity contribution is 6.39. The molecule has 10 heteroatoms. The lowest BCUT2D eigenvalue weighted by molar-refractivity contribution is -0.183. The summed E-state index contributed by atoms with van der Waals surface area (Å²) in [5.41, 5.74) is 2.04. The Kier molecular flexibility index (Phi) is 6.03. The fourth-order valence-electron chi connectivity index (χ4n) is 3.83. The SMILES string of the molecule is O=C(NC1CCCC(C(F)(F)F)C1)c1ccc2nc(Nc3c(Cl)cccc3Cl)[nH]c2c1. The molecule has 0 radical (unpaired) electrons. The molecule has 0 spiro atoms. The molecule has 1 amide bonds. The van der Waals surface area contributed by atoms with Gasteiger partial charge in [0.1, 0.15) is 0 Å². The smallest absolute Gasteiger partial charge is 0.349 e. The molecule has 3 aromatic rings. The fraction of sp³-hybridized carbons (Fsp3) is 0.333. The van der Waals surface area contributed by atoms with Gasteiger partial charge in [-0.15, -0.1) is 0 Å². The van der Waals surface area contributed by atoms with Crippen LogP contribution in [0.4, 0.5) is 24.8 Å². The van der Waals surface area contributed by atoms with E-state index in [2.05, 4.69) is 20.6 Å². The van der Waals surface area contributed by atoms with Crippen molar-refractivity contribution >= 4 is 51.8 Å². The van der Waals surface area contributed by atoms with Crippen molar-refractivity contribution in [2.75, 3.05) is 5.32 Å². The number of amides is 1. The Hall–Kier alpha value is -2.45. The van der Waals surface area contributed by atoms with Gasteiger partial charge in [0.05, 0.1) is 32.7 Å². The molecule has 0 aliphatic heterocycles. The molecule has 5 nitrogen and oxygen atoms in total. The van der Waals surface area contributed by atoms with Gasteiger partial charge in [-0.3, -0.25) is 4.79 Å². The molecule has 0 saturated heterocycles. The number of imidazole rings is 1. The molecule has 1 heterocycles. The maximum Gasteiger partial charge on any atom is 0.391 e. The van der Waals surface area contributed by atoms with Gasteiger partial charge in [-0.2, -0.15) is 13.2 Å². The molecule has 164 valence electrons. The third-order valence-corrected chi connectivity index (χ3v) is 6.05. The number of alkyl halides is 3. The van der Waals surface area contributed by atoms with Gasteiger partial charge in [-0.25, -0.2) is 4.98 Å². The first-order valence-electron chi connectivity index (χ1n) is 9.79. The third kappa shape index (κ3) is 4.91. The van der Waals surface area contributed by atoms with Crippen molar-refractivity contribution in [3.63, 3.8) is 0 Å². The molecule has 1 aliphatic rings. The van der Waals surface area contributed by atoms with Crippen LogP contribution in [0.25, 0.3) is 11.0 Å². The topological polar surface area (TPSA) is 69.8 Å². The van der Waals surface area contributed by atoms with Gasteiger partial charge in [-0.05, 0) is 49.6 Å². The van der Waals surface area contributed by atoms with Crippen LogP contribution in [0.15, 0.2) is 36.4 Å². The lowest BCUT2D eigenvalue weighted by Crippen LogP contribution is -2.41. The van der Waals surface area contributed by atoms with Crippen LogP contribution in [-0.2, 0) is 0 Å². The van der Waals surface area contributed by atoms with Crippen molar-refractivity contribution in [1.29, 1.82) is 0 Å². The van der Waals surface area contributed by atoms with Crippen LogP contribution >= 0.6 is 23.2 Å². The largest absolute Gasteiger partial charge is 0.391 e. The number of aromatic amines is 1. The van der Waals surface area contributed by atoms with Crippen LogP contribution in [0, 0.1) is 5.92 Å². The first kappa shape index (κ1) is 21.8. The number of hydrogen-bond acceptors (Lipinski definition) is 3. The number of hydrogen-bond donors (Lipinski definition) is 3. The van der Waals surface area contributed by atoms with Crippen molar-refractivity contribution in [1.82, 2.24) is 15.3 Å². The standard InChI is InChI=1S/C21H19Cl2F3N4O/c22-14-5-2-6-15(23)18(14)30-20-28-16-8-7-11(9-17(16)29-20)19(31)27-13-4-1-3-12(10-13)21(24,25)26/h2,5-9,12-13H,1,3-4,10H2,(H,27,31)(H2,28,29,30). The number of nitrogens with one attached hydrogen (secondary N) is 3. The van der Waals surface area contributed by atoms with Gasteiger partial charge < -0.3 is 15.6 Å². The lowest BCUT2D eigenvalue weighted by Gasteiger charge is -2.31. The number of anilines is 2. The van der Waals surface area contributed by atoms with Crippen LogP contribution in [-0.4, -0.2) is 28.1 Å². The number of fused-ring (bicyclic) bond motifs is 1. The Morgan fingerprint density at radius 1 is 1.13 bits per heavy atom. The predicted molar refractivity (Wildman–Crippen MR) is 115 cm³/mol. The van der Waals surface area contributed by atoms with Gasteiger partial charge in [0.25, 0.3) is 5.91 Å². The minimum Gasteiger partial charge on any atom is -0.349 e. The highest BCUT2D eigenvalue weighted by Gasteiger charge is 2.42. The van der Waals surface area contributed by atoms with Gasteiger partial charge in [0.15, 0.2) is 0 Å². The van der Waals surface area contributed by atoms with Crippen LogP contribution < -0.4 is 10.6 Å². The molecule has 1 fully saturated rings. The average molecular weight is 471 g/mol. The van der Waals surface area contributed by atoms with Crippen molar-refractivity contribution in [2.24, 2.45) is 5.92 Å². The quantitative estimate of drug-likeness (QED) is 0.409. The Balaban J connectivity index is 1.48. The number of carbonyl (C=O) groups excluding carboxylic acids is 1. The number of carbonyl (C=O) groups is 1. The van der Waals surface area contributed by atoms with E-state index in [0.29, 0.717) is 51.1 Å². The second-order valence-corrected chi connectivity index (χ2v) is 8.43. The van der Waals surface area contributed by atoms with Crippen LogP contribution in [0.5, 0.6) is 0 Å². The van der Waals surface area contributed by atoms with E-state index in [1.54, 1.807) is 36.4 Å². The molecule has 1 saturated carbocycles. The minimum atomic E-state index is -4.23. The van der Waals surface area contributed by atoms with E-state index in [9.17, 15) is 18.0 Å². The molecule has 1 aromatic heterocycles. The second-order valence-electron chi connectivity index (χ2n) is 7.61. The van der Waals surface area contributed by atoms with Crippen molar-refractivity contribution < 1.29 is 18.0 Å². The predicted octanol–water partition coefficient (Wildman–Crippen LogP) is 6.46. The molecular formula is C21H19Cl2F3N4O. The molecule has 1 aliphatic carbocycles. The van der Waals surface area contributed by atoms with Gasteiger partial charge in [0.2, 0.25) is 5.95 Å². The summed E-state index contributed by atoms with van der Waals surface area (Å²) in [5.74, 6) is -1.39. The Morgan fingerprint density at radius 2 is 1.87 bits per heavy atom. The number of benzene rings is 2. The maximum absolute atomic E-state index is 13.0. The Labute approximate surface area is 186 Å². The first-order chi connectivity index (χ1) is 14.7. The summed E-state index contributed by atoms with van der Waals surface area (Å²) in [4.78, 5) is 20.1. The van der Waals surface area contributed by atoms with Crippen molar-refractivity contribution in [2.45, 2.75) is 37.9 Å². The molecule has 2 aromatic carbocycles. The zero-order valence-electron chi connectivity index (χ0n) is 16.2. The van der Waals surface area contributed by atoms with Crippen molar-refractivity contribution in [3.05, 3.63) is 52.0 Å². The highest BCUT2D eigenvalue weighted by Crippen LogP contribution is 2.37. The zero-order chi connectivity index (χ0) is 22.2. The van der Waals surface area contributed by atoms with E-state index in [4.69, 9.17) is 23.2 Å². The monoisotopic (exact) mass is 470 g/mol. The molecule has 4 rings (SSSR count). The summed E-state index contributed by atoms with van der Waals surface area (Å²) >= 11 is 12.3. The fourth-order valence-corrected chi connectivity index (χ4v) is 4.32. The Morgan fingerprint density at radius 3 is 2.58 bits per heavy atom. The van der Waals surface area contributed by atoms with E-state index >= 15 is 0 Å². The summed E-state index contributed by atoms with van der Waals surface area (Å²) in [5, 5.41) is 6.62. The van der Waals surface area contributed by atoms with Gasteiger partial charge >= 0.3 is 6.18 Å². The summed E-state index contributed by atoms with van der Waals surface area (Å²) < 4.78 is 39.0. The summed E-state index contributed by atoms with van der Waals surface area (Å²) in [6, 6.07) is 9.48. The molecule has 2 unspecified atom stereocenters. The summed E-state index contributed by atoms with van der Waals surface area (Å²) in [6.45, 7) is 0. The van der Waals surface area contributed by atoms with Crippen LogP contribution in [0.1, 0.15) is 36.0 Å². The van der Waals surface area contributed by atoms with E-state index in [1.165, 1.54) is 0 Å². The normalized spacial score (nSPS) is 19.4. The molecule has 2 atom stereocenters. The number of rotatable bonds is 4. The summed E-state index contributed by atoms with van der Waals surface area (Å²) in [6.07, 6.45) is -3.23. The number of nitrogens with zero attached hydrogens (tertiary/aromatic N) is 1. The van der Waals surface area contributed by atoms with E-state index in [0.717, 1.165) is 0 Å². The lowest BCUT2D eigenvalue weighted by atomic mass is 9.85. The third-order valence-electron chi connectivity index (χ3n) is 5.42. The Bertz CT molecular complexity index is 1100. The highest BCUT2D eigenvalue weighted by atomic mass is 35.5. The molecule has 31 heavy (non-hydrogen) atoms. The van der Waals surface area contributed by atoms with E-state index in [1.807, 2.05) is 0 Å². The second kappa shape index (κ2) is 8.59. The summed E-state index contributed by atoms with van der Waals surface area (Å²) in [7, 11) is 0. The number of para-hydroxylation sites is 1. The number of aromatic nitrogens is 2. The number of H-pyrrole nitrogens is 1. The van der Waals surface area contributed by atoms with E-state index < -0.39 is 24.0 Å². The van der Waals surface area contributed by atoms with Gasteiger partial charge in [-0.1, -0.05) is 35.7 Å². The molecule has 0 bridgehead atoms. The average Bonchev–Trinajstić information content (AvgIpc) is 3.12. The van der Waals surface area contributed by atoms with Crippen molar-refractivity contribution in [3.8, 4) is 0 Å². The van der Waals surface area contributed by atoms with E-state index in [-0.39, 0.29) is 12.8 Å².